The van der Waals surface area contributed by atoms with Crippen molar-refractivity contribution < 1.29 is 9.13 Å². The smallest absolute Gasteiger partial charge is 0.144 e. The molecule has 0 radical (unpaired) electrons. The van der Waals surface area contributed by atoms with E-state index in [1.165, 1.54) is 6.07 Å². The Morgan fingerprint density at radius 3 is 2.29 bits per heavy atom. The van der Waals surface area contributed by atoms with E-state index in [1.54, 1.807) is 13.2 Å². The van der Waals surface area contributed by atoms with E-state index in [4.69, 9.17) is 16.3 Å². The topological polar surface area (TPSA) is 9.23 Å². The Hall–Kier alpha value is -0.543. The maximum Gasteiger partial charge on any atom is 0.144 e. The maximum absolute atomic E-state index is 13.8. The minimum Gasteiger partial charge on any atom is -0.497 e. The van der Waals surface area contributed by atoms with Gasteiger partial charge in [0.2, 0.25) is 0 Å². The lowest BCUT2D eigenvalue weighted by Gasteiger charge is -2.21. The first-order valence-electron chi connectivity index (χ1n) is 4.40. The molecule has 78 valence electrons. The van der Waals surface area contributed by atoms with Crippen molar-refractivity contribution in [1.29, 1.82) is 0 Å². The van der Waals surface area contributed by atoms with E-state index in [0.717, 1.165) is 0 Å². The van der Waals surface area contributed by atoms with E-state index in [9.17, 15) is 4.39 Å². The minimum absolute atomic E-state index is 0.170. The maximum atomic E-state index is 13.8. The van der Waals surface area contributed by atoms with Gasteiger partial charge in [-0.05, 0) is 12.1 Å². The summed E-state index contributed by atoms with van der Waals surface area (Å²) in [5.74, 6) is 0.274. The summed E-state index contributed by atoms with van der Waals surface area (Å²) in [4.78, 5) is 0. The van der Waals surface area contributed by atoms with E-state index >= 15 is 0 Å². The molecule has 0 atom stereocenters. The van der Waals surface area contributed by atoms with Gasteiger partial charge in [-0.2, -0.15) is 0 Å². The van der Waals surface area contributed by atoms with Crippen molar-refractivity contribution in [2.75, 3.05) is 7.11 Å². The lowest BCUT2D eigenvalue weighted by molar-refractivity contribution is 0.415. The van der Waals surface area contributed by atoms with Crippen LogP contribution in [0, 0.1) is 5.82 Å². The minimum atomic E-state index is -1.76. The third-order valence-electron chi connectivity index (χ3n) is 2.03. The van der Waals surface area contributed by atoms with Crippen LogP contribution in [0.15, 0.2) is 12.1 Å². The van der Waals surface area contributed by atoms with Gasteiger partial charge in [0.25, 0.3) is 0 Å². The number of halogens is 2. The van der Waals surface area contributed by atoms with Crippen LogP contribution < -0.4 is 9.92 Å². The highest BCUT2D eigenvalue weighted by atomic mass is 35.5. The average Bonchev–Trinajstić information content (AvgIpc) is 2.07. The molecule has 0 fully saturated rings. The van der Waals surface area contributed by atoms with Gasteiger partial charge < -0.3 is 4.74 Å². The van der Waals surface area contributed by atoms with E-state index in [1.807, 2.05) is 0 Å². The third-order valence-corrected chi connectivity index (χ3v) is 4.28. The van der Waals surface area contributed by atoms with Gasteiger partial charge in [-0.3, -0.25) is 0 Å². The van der Waals surface area contributed by atoms with Crippen molar-refractivity contribution in [2.45, 2.75) is 19.6 Å². The summed E-state index contributed by atoms with van der Waals surface area (Å²) in [6.45, 7) is 6.18. The molecular formula is C10H14ClFOSi. The SMILES string of the molecule is COc1ccc(Cl)c(F)c1[Si](C)(C)C. The molecule has 0 aliphatic heterocycles. The fourth-order valence-electron chi connectivity index (χ4n) is 1.40. The Morgan fingerprint density at radius 1 is 1.29 bits per heavy atom. The predicted molar refractivity (Wildman–Crippen MR) is 60.9 cm³/mol. The van der Waals surface area contributed by atoms with Crippen molar-refractivity contribution in [1.82, 2.24) is 0 Å². The molecule has 0 saturated heterocycles. The van der Waals surface area contributed by atoms with Crippen molar-refractivity contribution in [2.24, 2.45) is 0 Å². The van der Waals surface area contributed by atoms with Gasteiger partial charge in [-0.1, -0.05) is 31.2 Å². The monoisotopic (exact) mass is 232 g/mol. The first-order valence-corrected chi connectivity index (χ1v) is 8.28. The van der Waals surface area contributed by atoms with E-state index in [2.05, 4.69) is 19.6 Å². The van der Waals surface area contributed by atoms with Crippen LogP contribution >= 0.6 is 11.6 Å². The van der Waals surface area contributed by atoms with E-state index in [0.29, 0.717) is 10.9 Å². The summed E-state index contributed by atoms with van der Waals surface area (Å²) < 4.78 is 18.9. The van der Waals surface area contributed by atoms with Gasteiger partial charge >= 0.3 is 0 Å². The van der Waals surface area contributed by atoms with Crippen LogP contribution in [0.5, 0.6) is 5.75 Å². The highest BCUT2D eigenvalue weighted by Gasteiger charge is 2.26. The van der Waals surface area contributed by atoms with Crippen LogP contribution in [0.25, 0.3) is 0 Å². The van der Waals surface area contributed by atoms with Crippen molar-refractivity contribution in [3.05, 3.63) is 23.0 Å². The molecule has 0 aromatic heterocycles. The quantitative estimate of drug-likeness (QED) is 0.713. The van der Waals surface area contributed by atoms with Gasteiger partial charge in [0.15, 0.2) is 0 Å². The summed E-state index contributed by atoms with van der Waals surface area (Å²) in [6, 6.07) is 3.25. The fraction of sp³-hybridized carbons (Fsp3) is 0.400. The van der Waals surface area contributed by atoms with Crippen LogP contribution in [0.3, 0.4) is 0 Å². The molecule has 0 heterocycles. The lowest BCUT2D eigenvalue weighted by atomic mass is 10.3. The zero-order chi connectivity index (χ0) is 10.9. The van der Waals surface area contributed by atoms with Gasteiger partial charge in [0, 0.05) is 5.19 Å². The van der Waals surface area contributed by atoms with Crippen LogP contribution in [0.2, 0.25) is 24.7 Å². The molecule has 0 bridgehead atoms. The molecule has 0 amide bonds. The molecule has 0 aliphatic carbocycles. The largest absolute Gasteiger partial charge is 0.497 e. The van der Waals surface area contributed by atoms with Crippen molar-refractivity contribution in [3.8, 4) is 5.75 Å². The van der Waals surface area contributed by atoms with Crippen LogP contribution in [0.1, 0.15) is 0 Å². The highest BCUT2D eigenvalue weighted by Crippen LogP contribution is 2.22. The molecule has 1 rings (SSSR count). The molecule has 1 aromatic rings. The molecule has 14 heavy (non-hydrogen) atoms. The Labute approximate surface area is 89.9 Å². The van der Waals surface area contributed by atoms with Crippen molar-refractivity contribution in [3.63, 3.8) is 0 Å². The summed E-state index contributed by atoms with van der Waals surface area (Å²) in [5, 5.41) is 0.829. The Bertz CT molecular complexity index is 347. The zero-order valence-corrected chi connectivity index (χ0v) is 10.6. The fourth-order valence-corrected chi connectivity index (χ4v) is 3.36. The molecule has 0 aliphatic rings. The molecule has 1 nitrogen and oxygen atoms in total. The molecule has 0 N–H and O–H groups in total. The van der Waals surface area contributed by atoms with Crippen LogP contribution in [-0.4, -0.2) is 15.2 Å². The first-order chi connectivity index (χ1) is 6.38. The molecule has 4 heteroatoms. The summed E-state index contributed by atoms with van der Waals surface area (Å²) in [5.41, 5.74) is 0. The Morgan fingerprint density at radius 2 is 1.86 bits per heavy atom. The molecular weight excluding hydrogens is 219 g/mol. The average molecular weight is 233 g/mol. The van der Waals surface area contributed by atoms with Gasteiger partial charge in [-0.15, -0.1) is 0 Å². The van der Waals surface area contributed by atoms with Crippen LogP contribution in [0.4, 0.5) is 4.39 Å². The number of benzene rings is 1. The Balaban J connectivity index is 3.44. The van der Waals surface area contributed by atoms with Crippen LogP contribution in [-0.2, 0) is 0 Å². The van der Waals surface area contributed by atoms with Gasteiger partial charge in [0.05, 0.1) is 20.2 Å². The lowest BCUT2D eigenvalue weighted by Crippen LogP contribution is -2.41. The second kappa shape index (κ2) is 3.91. The predicted octanol–water partition coefficient (Wildman–Crippen LogP) is 3.03. The van der Waals surface area contributed by atoms with Gasteiger partial charge in [0.1, 0.15) is 11.6 Å². The van der Waals surface area contributed by atoms with Gasteiger partial charge in [-0.25, -0.2) is 4.39 Å². The molecule has 0 spiro atoms. The number of methoxy groups -OCH3 is 1. The first kappa shape index (κ1) is 11.5. The van der Waals surface area contributed by atoms with Crippen molar-refractivity contribution >= 4 is 24.9 Å². The second-order valence-electron chi connectivity index (χ2n) is 4.19. The zero-order valence-electron chi connectivity index (χ0n) is 8.82. The number of ether oxygens (including phenoxy) is 1. The second-order valence-corrected chi connectivity index (χ2v) is 9.60. The Kier molecular flexibility index (Phi) is 3.22. The summed E-state index contributed by atoms with van der Waals surface area (Å²) in [7, 11) is -0.211. The normalized spacial score (nSPS) is 11.6. The molecule has 1 aromatic carbocycles. The number of hydrogen-bond donors (Lipinski definition) is 0. The summed E-state index contributed by atoms with van der Waals surface area (Å²) >= 11 is 5.74. The number of hydrogen-bond acceptors (Lipinski definition) is 1. The standard InChI is InChI=1S/C10H14ClFOSi/c1-13-8-6-5-7(11)9(12)10(8)14(2,3)4/h5-6H,1-4H3. The van der Waals surface area contributed by atoms with E-state index < -0.39 is 8.07 Å². The molecule has 0 saturated carbocycles. The highest BCUT2D eigenvalue weighted by molar-refractivity contribution is 6.89. The molecule has 0 unspecified atom stereocenters. The summed E-state index contributed by atoms with van der Waals surface area (Å²) in [6.07, 6.45) is 0. The third kappa shape index (κ3) is 2.09. The number of rotatable bonds is 2. The van der Waals surface area contributed by atoms with E-state index in [-0.39, 0.29) is 10.8 Å².